The van der Waals surface area contributed by atoms with Gasteiger partial charge in [-0.2, -0.15) is 5.10 Å². The molecule has 2 N–H and O–H groups in total. The Morgan fingerprint density at radius 1 is 0.900 bits per heavy atom. The van der Waals surface area contributed by atoms with Crippen LogP contribution in [-0.2, 0) is 6.42 Å². The molecule has 0 aliphatic rings. The molecule has 0 bridgehead atoms. The number of fused-ring (bicyclic) bond motifs is 1. The summed E-state index contributed by atoms with van der Waals surface area (Å²) in [7, 11) is 0. The Morgan fingerprint density at radius 3 is 2.40 bits per heavy atom. The quantitative estimate of drug-likeness (QED) is 0.263. The van der Waals surface area contributed by atoms with Crippen molar-refractivity contribution in [1.29, 1.82) is 0 Å². The molecule has 7 nitrogen and oxygen atoms in total. The van der Waals surface area contributed by atoms with E-state index in [4.69, 9.17) is 14.2 Å². The number of rotatable bonds is 14. The van der Waals surface area contributed by atoms with Crippen LogP contribution in [0.25, 0.3) is 10.9 Å². The first-order valence-electron chi connectivity index (χ1n) is 10.8. The lowest BCUT2D eigenvalue weighted by atomic mass is 10.1. The highest BCUT2D eigenvalue weighted by atomic mass is 32.2. The molecule has 3 aromatic rings. The normalized spacial score (nSPS) is 11.2. The number of aromatic nitrogens is 4. The predicted octanol–water partition coefficient (Wildman–Crippen LogP) is 5.38. The number of thioether (sulfide) groups is 1. The van der Waals surface area contributed by atoms with Crippen LogP contribution in [0, 0.1) is 0 Å². The van der Waals surface area contributed by atoms with Crippen molar-refractivity contribution in [2.24, 2.45) is 0 Å². The molecule has 0 unspecified atom stereocenters. The summed E-state index contributed by atoms with van der Waals surface area (Å²) in [5.74, 6) is 3.50. The van der Waals surface area contributed by atoms with Gasteiger partial charge in [0, 0.05) is 5.75 Å². The van der Waals surface area contributed by atoms with E-state index in [1.165, 1.54) is 19.3 Å². The van der Waals surface area contributed by atoms with E-state index in [0.29, 0.717) is 19.8 Å². The molecule has 0 saturated heterocycles. The van der Waals surface area contributed by atoms with Crippen molar-refractivity contribution in [2.45, 2.75) is 58.0 Å². The Hall–Kier alpha value is -2.35. The summed E-state index contributed by atoms with van der Waals surface area (Å²) in [5.41, 5.74) is 2.17. The van der Waals surface area contributed by atoms with E-state index >= 15 is 0 Å². The van der Waals surface area contributed by atoms with Gasteiger partial charge in [0.2, 0.25) is 0 Å². The van der Waals surface area contributed by atoms with Crippen molar-refractivity contribution in [3.05, 3.63) is 24.2 Å². The van der Waals surface area contributed by atoms with Gasteiger partial charge in [0.05, 0.1) is 36.4 Å². The van der Waals surface area contributed by atoms with Crippen LogP contribution in [0.5, 0.6) is 17.2 Å². The molecule has 30 heavy (non-hydrogen) atoms. The third-order valence-electron chi connectivity index (χ3n) is 4.74. The smallest absolute Gasteiger partial charge is 0.183 e. The molecule has 8 heteroatoms. The first kappa shape index (κ1) is 22.3. The highest BCUT2D eigenvalue weighted by molar-refractivity contribution is 7.99. The van der Waals surface area contributed by atoms with Gasteiger partial charge in [-0.3, -0.25) is 5.10 Å². The zero-order chi connectivity index (χ0) is 21.2. The monoisotopic (exact) mass is 432 g/mol. The van der Waals surface area contributed by atoms with Crippen molar-refractivity contribution in [3.8, 4) is 17.2 Å². The summed E-state index contributed by atoms with van der Waals surface area (Å²) in [6.45, 7) is 7.78. The van der Waals surface area contributed by atoms with Crippen LogP contribution in [0.3, 0.4) is 0 Å². The maximum atomic E-state index is 6.06. The van der Waals surface area contributed by atoms with E-state index in [-0.39, 0.29) is 0 Å². The minimum atomic E-state index is 0.581. The van der Waals surface area contributed by atoms with Crippen LogP contribution in [0.4, 0.5) is 0 Å². The van der Waals surface area contributed by atoms with E-state index in [1.54, 1.807) is 18.1 Å². The summed E-state index contributed by atoms with van der Waals surface area (Å²) in [6.07, 6.45) is 7.16. The predicted molar refractivity (Wildman–Crippen MR) is 121 cm³/mol. The van der Waals surface area contributed by atoms with Gasteiger partial charge in [0.1, 0.15) is 6.33 Å². The summed E-state index contributed by atoms with van der Waals surface area (Å²) < 4.78 is 17.8. The lowest BCUT2D eigenvalue weighted by Gasteiger charge is -2.13. The number of aromatic amines is 2. The van der Waals surface area contributed by atoms with Gasteiger partial charge in [-0.1, -0.05) is 24.6 Å². The number of benzene rings is 1. The number of H-pyrrole nitrogens is 2. The average molecular weight is 433 g/mol. The van der Waals surface area contributed by atoms with Gasteiger partial charge < -0.3 is 19.2 Å². The Morgan fingerprint density at radius 2 is 1.67 bits per heavy atom. The fourth-order valence-electron chi connectivity index (χ4n) is 3.49. The summed E-state index contributed by atoms with van der Waals surface area (Å²) >= 11 is 1.72. The fourth-order valence-corrected chi connectivity index (χ4v) is 4.27. The molecule has 0 aliphatic heterocycles. The van der Waals surface area contributed by atoms with Gasteiger partial charge >= 0.3 is 0 Å². The minimum Gasteiger partial charge on any atom is -0.491 e. The first-order valence-corrected chi connectivity index (χ1v) is 11.8. The van der Waals surface area contributed by atoms with E-state index < -0.39 is 0 Å². The molecule has 2 aromatic heterocycles. The van der Waals surface area contributed by atoms with E-state index in [1.807, 2.05) is 26.8 Å². The Kier molecular flexibility index (Phi) is 8.74. The number of hydrogen-bond acceptors (Lipinski definition) is 6. The van der Waals surface area contributed by atoms with Crippen molar-refractivity contribution < 1.29 is 14.2 Å². The number of ether oxygens (including phenoxy) is 3. The molecule has 0 radical (unpaired) electrons. The van der Waals surface area contributed by atoms with Gasteiger partial charge in [-0.05, 0) is 52.2 Å². The van der Waals surface area contributed by atoms with Crippen LogP contribution in [0.2, 0.25) is 0 Å². The number of aryl methyl sites for hydroxylation is 1. The largest absolute Gasteiger partial charge is 0.491 e. The van der Waals surface area contributed by atoms with Crippen LogP contribution in [0.15, 0.2) is 23.6 Å². The number of nitrogens with zero attached hydrogens (tertiary/aromatic N) is 2. The van der Waals surface area contributed by atoms with Crippen molar-refractivity contribution in [1.82, 2.24) is 20.2 Å². The molecule has 1 aromatic carbocycles. The molecule has 0 amide bonds. The zero-order valence-electron chi connectivity index (χ0n) is 18.1. The molecule has 3 rings (SSSR count). The summed E-state index contributed by atoms with van der Waals surface area (Å²) in [5, 5.41) is 8.63. The topological polar surface area (TPSA) is 85.1 Å². The standard InChI is InChI=1S/C22H32N4O3S/c1-4-27-18-13-12-16-19(21(18)29-6-3)20(28-5-2)17(25-16)11-9-7-8-10-14-30-22-23-15-24-26-22/h12-13,15,25H,4-11,14H2,1-3H3,(H,23,24,26). The van der Waals surface area contributed by atoms with Gasteiger partial charge in [0.15, 0.2) is 22.4 Å². The average Bonchev–Trinajstić information content (AvgIpc) is 3.38. The number of hydrogen-bond donors (Lipinski definition) is 2. The third kappa shape index (κ3) is 5.62. The Balaban J connectivity index is 1.62. The fraction of sp³-hybridized carbons (Fsp3) is 0.545. The third-order valence-corrected chi connectivity index (χ3v) is 5.70. The highest BCUT2D eigenvalue weighted by Gasteiger charge is 2.20. The molecular formula is C22H32N4O3S. The highest BCUT2D eigenvalue weighted by Crippen LogP contribution is 2.43. The minimum absolute atomic E-state index is 0.581. The molecular weight excluding hydrogens is 400 g/mol. The Bertz CT molecular complexity index is 896. The van der Waals surface area contributed by atoms with Gasteiger partial charge in [-0.25, -0.2) is 4.98 Å². The van der Waals surface area contributed by atoms with Gasteiger partial charge in [-0.15, -0.1) is 0 Å². The molecule has 0 fully saturated rings. The zero-order valence-corrected chi connectivity index (χ0v) is 18.9. The maximum Gasteiger partial charge on any atom is 0.183 e. The van der Waals surface area contributed by atoms with Crippen LogP contribution < -0.4 is 14.2 Å². The second kappa shape index (κ2) is 11.7. The van der Waals surface area contributed by atoms with Crippen LogP contribution >= 0.6 is 11.8 Å². The molecule has 0 spiro atoms. The van der Waals surface area contributed by atoms with Crippen molar-refractivity contribution in [3.63, 3.8) is 0 Å². The second-order valence-corrected chi connectivity index (χ2v) is 7.93. The molecule has 164 valence electrons. The number of nitrogens with one attached hydrogen (secondary N) is 2. The molecule has 2 heterocycles. The van der Waals surface area contributed by atoms with Crippen LogP contribution in [0.1, 0.15) is 52.1 Å². The van der Waals surface area contributed by atoms with E-state index in [9.17, 15) is 0 Å². The van der Waals surface area contributed by atoms with Crippen molar-refractivity contribution in [2.75, 3.05) is 25.6 Å². The van der Waals surface area contributed by atoms with Gasteiger partial charge in [0.25, 0.3) is 0 Å². The summed E-state index contributed by atoms with van der Waals surface area (Å²) in [4.78, 5) is 7.69. The molecule has 0 saturated carbocycles. The molecule has 0 aliphatic carbocycles. The van der Waals surface area contributed by atoms with Crippen LogP contribution in [-0.4, -0.2) is 45.7 Å². The Labute approximate surface area is 182 Å². The van der Waals surface area contributed by atoms with E-state index in [0.717, 1.165) is 57.6 Å². The summed E-state index contributed by atoms with van der Waals surface area (Å²) in [6, 6.07) is 4.02. The lowest BCUT2D eigenvalue weighted by Crippen LogP contribution is -2.00. The lowest BCUT2D eigenvalue weighted by molar-refractivity contribution is 0.289. The van der Waals surface area contributed by atoms with E-state index in [2.05, 4.69) is 26.2 Å². The maximum absolute atomic E-state index is 6.06. The first-order chi connectivity index (χ1) is 14.8. The molecule has 0 atom stereocenters. The SMILES string of the molecule is CCOc1ccc2[nH]c(CCCCCCSc3ncn[nH]3)c(OCC)c2c1OCC. The number of unbranched alkanes of at least 4 members (excludes halogenated alkanes) is 3. The van der Waals surface area contributed by atoms with Crippen molar-refractivity contribution >= 4 is 22.7 Å². The second-order valence-electron chi connectivity index (χ2n) is 6.85.